The van der Waals surface area contributed by atoms with Crippen molar-refractivity contribution < 1.29 is 14.4 Å². The van der Waals surface area contributed by atoms with E-state index in [1.165, 1.54) is 32.1 Å². The van der Waals surface area contributed by atoms with Gasteiger partial charge in [-0.15, -0.1) is 0 Å². The number of benzene rings is 1. The van der Waals surface area contributed by atoms with Crippen molar-refractivity contribution in [2.45, 2.75) is 6.92 Å². The number of hydrogen-bond donors (Lipinski definition) is 1. The van der Waals surface area contributed by atoms with Gasteiger partial charge in [-0.2, -0.15) is 0 Å². The molecule has 5 nitrogen and oxygen atoms in total. The Hall–Kier alpha value is -2.43. The number of ketones is 2. The highest BCUT2D eigenvalue weighted by atomic mass is 16.2. The first-order chi connectivity index (χ1) is 8.93. The van der Waals surface area contributed by atoms with Crippen molar-refractivity contribution in [1.82, 2.24) is 9.88 Å². The molecule has 1 aromatic heterocycles. The maximum absolute atomic E-state index is 12.1. The fraction of sp³-hybridized carbons (Fsp3) is 0.214. The molecule has 1 heterocycles. The van der Waals surface area contributed by atoms with Crippen molar-refractivity contribution in [3.05, 3.63) is 35.5 Å². The summed E-state index contributed by atoms with van der Waals surface area (Å²) < 4.78 is 0. The summed E-state index contributed by atoms with van der Waals surface area (Å²) in [5.74, 6) is -1.37. The predicted octanol–water partition coefficient (Wildman–Crippen LogP) is 1.64. The number of hydrogen-bond acceptors (Lipinski definition) is 3. The summed E-state index contributed by atoms with van der Waals surface area (Å²) in [7, 11) is 3.03. The van der Waals surface area contributed by atoms with Crippen LogP contribution in [0.25, 0.3) is 10.9 Å². The molecule has 0 fully saturated rings. The predicted molar refractivity (Wildman–Crippen MR) is 71.3 cm³/mol. The second-order valence-corrected chi connectivity index (χ2v) is 4.52. The molecule has 5 heteroatoms. The van der Waals surface area contributed by atoms with Crippen molar-refractivity contribution >= 4 is 28.4 Å². The van der Waals surface area contributed by atoms with Gasteiger partial charge in [0.15, 0.2) is 5.78 Å². The Labute approximate surface area is 110 Å². The van der Waals surface area contributed by atoms with E-state index in [4.69, 9.17) is 0 Å². The molecule has 0 aliphatic rings. The highest BCUT2D eigenvalue weighted by Crippen LogP contribution is 2.23. The Kier molecular flexibility index (Phi) is 3.21. The van der Waals surface area contributed by atoms with Crippen molar-refractivity contribution in [3.8, 4) is 0 Å². The molecule has 0 saturated heterocycles. The van der Waals surface area contributed by atoms with Crippen LogP contribution < -0.4 is 0 Å². The topological polar surface area (TPSA) is 70.2 Å². The van der Waals surface area contributed by atoms with Crippen LogP contribution in [-0.4, -0.2) is 41.5 Å². The van der Waals surface area contributed by atoms with Crippen LogP contribution >= 0.6 is 0 Å². The molecular weight excluding hydrogens is 244 g/mol. The van der Waals surface area contributed by atoms with E-state index in [0.29, 0.717) is 16.5 Å². The summed E-state index contributed by atoms with van der Waals surface area (Å²) in [5, 5.41) is 0.509. The molecule has 2 rings (SSSR count). The minimum absolute atomic E-state index is 0.142. The van der Waals surface area contributed by atoms with Gasteiger partial charge in [-0.3, -0.25) is 14.4 Å². The molecule has 0 spiro atoms. The number of fused-ring (bicyclic) bond motifs is 1. The molecule has 19 heavy (non-hydrogen) atoms. The second-order valence-electron chi connectivity index (χ2n) is 4.52. The van der Waals surface area contributed by atoms with E-state index < -0.39 is 11.7 Å². The molecule has 0 bridgehead atoms. The zero-order valence-electron chi connectivity index (χ0n) is 11.0. The Bertz CT molecular complexity index is 683. The Morgan fingerprint density at radius 3 is 2.37 bits per heavy atom. The van der Waals surface area contributed by atoms with Crippen LogP contribution in [0.15, 0.2) is 24.4 Å². The van der Waals surface area contributed by atoms with Gasteiger partial charge in [-0.1, -0.05) is 12.1 Å². The number of rotatable bonds is 3. The van der Waals surface area contributed by atoms with Gasteiger partial charge in [-0.25, -0.2) is 0 Å². The number of nitrogens with zero attached hydrogens (tertiary/aromatic N) is 1. The van der Waals surface area contributed by atoms with Crippen molar-refractivity contribution in [2.75, 3.05) is 14.1 Å². The number of H-pyrrole nitrogens is 1. The van der Waals surface area contributed by atoms with E-state index in [9.17, 15) is 14.4 Å². The monoisotopic (exact) mass is 258 g/mol. The fourth-order valence-corrected chi connectivity index (χ4v) is 1.98. The van der Waals surface area contributed by atoms with E-state index in [0.717, 1.165) is 0 Å². The molecule has 2 aromatic rings. The summed E-state index contributed by atoms with van der Waals surface area (Å²) >= 11 is 0. The summed E-state index contributed by atoms with van der Waals surface area (Å²) in [6.07, 6.45) is 1.47. The minimum Gasteiger partial charge on any atom is -0.360 e. The van der Waals surface area contributed by atoms with Crippen molar-refractivity contribution in [2.24, 2.45) is 0 Å². The quantitative estimate of drug-likeness (QED) is 0.672. The molecule has 0 radical (unpaired) electrons. The first kappa shape index (κ1) is 13.0. The molecule has 1 aromatic carbocycles. The third-order valence-electron chi connectivity index (χ3n) is 2.93. The molecule has 0 saturated carbocycles. The maximum Gasteiger partial charge on any atom is 0.294 e. The Morgan fingerprint density at radius 2 is 1.79 bits per heavy atom. The number of nitrogens with one attached hydrogen (secondary N) is 1. The normalized spacial score (nSPS) is 10.5. The first-order valence-corrected chi connectivity index (χ1v) is 5.80. The van der Waals surface area contributed by atoms with Gasteiger partial charge >= 0.3 is 0 Å². The van der Waals surface area contributed by atoms with Crippen LogP contribution in [0.3, 0.4) is 0 Å². The standard InChI is InChI=1S/C14H14N2O3/c1-8(17)9-5-4-6-11-12(9)10(7-15-11)13(18)14(19)16(2)3/h4-7,15H,1-3H3. The largest absolute Gasteiger partial charge is 0.360 e. The van der Waals surface area contributed by atoms with Crippen LogP contribution in [0.4, 0.5) is 0 Å². The average Bonchev–Trinajstić information content (AvgIpc) is 2.80. The highest BCUT2D eigenvalue weighted by Gasteiger charge is 2.23. The molecule has 98 valence electrons. The van der Waals surface area contributed by atoms with Crippen LogP contribution in [-0.2, 0) is 4.79 Å². The Balaban J connectivity index is 2.65. The molecular formula is C14H14N2O3. The number of likely N-dealkylation sites (N-methyl/N-ethyl adjacent to an activating group) is 1. The second kappa shape index (κ2) is 4.68. The number of carbonyl (C=O) groups excluding carboxylic acids is 3. The lowest BCUT2D eigenvalue weighted by Crippen LogP contribution is -2.29. The fourth-order valence-electron chi connectivity index (χ4n) is 1.98. The van der Waals surface area contributed by atoms with Gasteiger partial charge in [0.2, 0.25) is 0 Å². The van der Waals surface area contributed by atoms with Gasteiger partial charge in [0, 0.05) is 36.8 Å². The third-order valence-corrected chi connectivity index (χ3v) is 2.93. The molecule has 0 aliphatic carbocycles. The molecule has 0 unspecified atom stereocenters. The van der Waals surface area contributed by atoms with Gasteiger partial charge in [0.05, 0.1) is 5.56 Å². The zero-order chi connectivity index (χ0) is 14.2. The van der Waals surface area contributed by atoms with E-state index in [1.54, 1.807) is 18.2 Å². The first-order valence-electron chi connectivity index (χ1n) is 5.80. The van der Waals surface area contributed by atoms with Gasteiger partial charge in [-0.05, 0) is 13.0 Å². The number of amides is 1. The lowest BCUT2D eigenvalue weighted by atomic mass is 10.0. The maximum atomic E-state index is 12.1. The molecule has 0 aliphatic heterocycles. The summed E-state index contributed by atoms with van der Waals surface area (Å²) in [5.41, 5.74) is 1.34. The summed E-state index contributed by atoms with van der Waals surface area (Å²) in [4.78, 5) is 39.6. The van der Waals surface area contributed by atoms with Crippen LogP contribution in [0, 0.1) is 0 Å². The lowest BCUT2D eigenvalue weighted by molar-refractivity contribution is -0.124. The molecule has 1 N–H and O–H groups in total. The zero-order valence-corrected chi connectivity index (χ0v) is 11.0. The molecule has 0 atom stereocenters. The van der Waals surface area contributed by atoms with Gasteiger partial charge in [0.1, 0.15) is 0 Å². The van der Waals surface area contributed by atoms with E-state index in [1.807, 2.05) is 0 Å². The average molecular weight is 258 g/mol. The summed E-state index contributed by atoms with van der Waals surface area (Å²) in [6, 6.07) is 5.14. The SMILES string of the molecule is CC(=O)c1cccc2[nH]cc(C(=O)C(=O)N(C)C)c12. The van der Waals surface area contributed by atoms with Crippen molar-refractivity contribution in [1.29, 1.82) is 0 Å². The smallest absolute Gasteiger partial charge is 0.294 e. The molecule has 1 amide bonds. The number of carbonyl (C=O) groups is 3. The van der Waals surface area contributed by atoms with E-state index in [-0.39, 0.29) is 11.3 Å². The minimum atomic E-state index is -0.620. The summed E-state index contributed by atoms with van der Waals surface area (Å²) in [6.45, 7) is 1.43. The van der Waals surface area contributed by atoms with Crippen molar-refractivity contribution in [3.63, 3.8) is 0 Å². The van der Waals surface area contributed by atoms with Crippen LogP contribution in [0.5, 0.6) is 0 Å². The van der Waals surface area contributed by atoms with E-state index in [2.05, 4.69) is 4.98 Å². The Morgan fingerprint density at radius 1 is 1.11 bits per heavy atom. The number of aromatic nitrogens is 1. The lowest BCUT2D eigenvalue weighted by Gasteiger charge is -2.08. The highest BCUT2D eigenvalue weighted by molar-refractivity contribution is 6.45. The third kappa shape index (κ3) is 2.14. The number of aromatic amines is 1. The number of Topliss-reactive ketones (excluding diaryl/α,β-unsaturated/α-hetero) is 2. The van der Waals surface area contributed by atoms with Gasteiger partial charge < -0.3 is 9.88 Å². The van der Waals surface area contributed by atoms with Gasteiger partial charge in [0.25, 0.3) is 11.7 Å². The van der Waals surface area contributed by atoms with E-state index >= 15 is 0 Å². The van der Waals surface area contributed by atoms with Crippen LogP contribution in [0.2, 0.25) is 0 Å². The van der Waals surface area contributed by atoms with Crippen LogP contribution in [0.1, 0.15) is 27.6 Å².